The Morgan fingerprint density at radius 3 is 2.34 bits per heavy atom. The van der Waals surface area contributed by atoms with Crippen molar-refractivity contribution in [1.82, 2.24) is 24.6 Å². The first-order valence-electron chi connectivity index (χ1n) is 11.6. The molecule has 38 heavy (non-hydrogen) atoms. The van der Waals surface area contributed by atoms with Crippen molar-refractivity contribution in [1.29, 1.82) is 0 Å². The van der Waals surface area contributed by atoms with Gasteiger partial charge in [-0.25, -0.2) is 14.4 Å². The molecule has 0 radical (unpaired) electrons. The van der Waals surface area contributed by atoms with E-state index in [1.807, 2.05) is 0 Å². The Morgan fingerprint density at radius 1 is 0.974 bits per heavy atom. The van der Waals surface area contributed by atoms with E-state index in [2.05, 4.69) is 15.1 Å². The van der Waals surface area contributed by atoms with Crippen LogP contribution in [0, 0.1) is 5.82 Å². The second-order valence-corrected chi connectivity index (χ2v) is 8.80. The number of nitrogens with two attached hydrogens (primary N) is 1. The summed E-state index contributed by atoms with van der Waals surface area (Å²) in [6.07, 6.45) is -1.36. The van der Waals surface area contributed by atoms with Gasteiger partial charge in [0.05, 0.1) is 23.2 Å². The van der Waals surface area contributed by atoms with Crippen molar-refractivity contribution in [3.8, 4) is 0 Å². The number of nitrogens with zero attached hydrogens (tertiary/aromatic N) is 6. The van der Waals surface area contributed by atoms with E-state index in [-0.39, 0.29) is 49.8 Å². The maximum atomic E-state index is 14.7. The van der Waals surface area contributed by atoms with Gasteiger partial charge in [0.25, 0.3) is 11.8 Å². The number of carbonyl (C=O) groups excluding carboxylic acids is 2. The number of hydrogen-bond acceptors (Lipinski definition) is 6. The van der Waals surface area contributed by atoms with Crippen molar-refractivity contribution in [2.75, 3.05) is 31.1 Å². The minimum Gasteiger partial charge on any atom is -0.366 e. The number of rotatable bonds is 5. The summed E-state index contributed by atoms with van der Waals surface area (Å²) in [7, 11) is 0. The van der Waals surface area contributed by atoms with Crippen molar-refractivity contribution in [2.24, 2.45) is 5.73 Å². The first kappa shape index (κ1) is 25.1. The summed E-state index contributed by atoms with van der Waals surface area (Å²) in [5, 5.41) is 5.14. The highest BCUT2D eigenvalue weighted by atomic mass is 19.4. The number of primary amides is 1. The van der Waals surface area contributed by atoms with E-state index in [4.69, 9.17) is 5.73 Å². The van der Waals surface area contributed by atoms with Crippen LogP contribution in [-0.4, -0.2) is 62.6 Å². The zero-order valence-electron chi connectivity index (χ0n) is 19.8. The fraction of sp³-hybridized carbons (Fsp3) is 0.240. The number of anilines is 1. The lowest BCUT2D eigenvalue weighted by molar-refractivity contribution is -0.138. The molecule has 13 heteroatoms. The van der Waals surface area contributed by atoms with Gasteiger partial charge in [0.15, 0.2) is 0 Å². The summed E-state index contributed by atoms with van der Waals surface area (Å²) in [6, 6.07) is 9.30. The molecular weight excluding hydrogens is 506 g/mol. The zero-order valence-corrected chi connectivity index (χ0v) is 19.8. The molecule has 1 fully saturated rings. The molecule has 1 aliphatic rings. The number of hydrogen-bond donors (Lipinski definition) is 1. The first-order valence-corrected chi connectivity index (χ1v) is 11.6. The monoisotopic (exact) mass is 527 g/mol. The average Bonchev–Trinajstić information content (AvgIpc) is 3.31. The van der Waals surface area contributed by atoms with Gasteiger partial charge in [0.2, 0.25) is 5.95 Å². The lowest BCUT2D eigenvalue weighted by Gasteiger charge is -2.34. The predicted molar refractivity (Wildman–Crippen MR) is 129 cm³/mol. The van der Waals surface area contributed by atoms with Crippen LogP contribution in [-0.2, 0) is 12.7 Å². The van der Waals surface area contributed by atoms with Crippen LogP contribution < -0.4 is 10.6 Å². The van der Waals surface area contributed by atoms with Gasteiger partial charge in [-0.05, 0) is 23.8 Å². The van der Waals surface area contributed by atoms with Crippen LogP contribution in [0.4, 0.5) is 23.5 Å². The minimum absolute atomic E-state index is 0.101. The van der Waals surface area contributed by atoms with Crippen LogP contribution >= 0.6 is 0 Å². The van der Waals surface area contributed by atoms with Crippen molar-refractivity contribution < 1.29 is 27.2 Å². The summed E-state index contributed by atoms with van der Waals surface area (Å²) >= 11 is 0. The molecule has 2 aromatic carbocycles. The van der Waals surface area contributed by atoms with E-state index in [0.717, 1.165) is 17.8 Å². The highest BCUT2D eigenvalue weighted by Crippen LogP contribution is 2.28. The zero-order chi connectivity index (χ0) is 27.0. The van der Waals surface area contributed by atoms with Crippen molar-refractivity contribution >= 4 is 28.7 Å². The van der Waals surface area contributed by atoms with Gasteiger partial charge in [0, 0.05) is 50.2 Å². The molecule has 0 bridgehead atoms. The Morgan fingerprint density at radius 2 is 1.68 bits per heavy atom. The second kappa shape index (κ2) is 9.72. The number of fused-ring (bicyclic) bond motifs is 1. The van der Waals surface area contributed by atoms with Gasteiger partial charge in [-0.3, -0.25) is 14.3 Å². The Labute approximate surface area is 213 Å². The van der Waals surface area contributed by atoms with Gasteiger partial charge < -0.3 is 15.5 Å². The molecule has 0 unspecified atom stereocenters. The van der Waals surface area contributed by atoms with E-state index < -0.39 is 29.4 Å². The van der Waals surface area contributed by atoms with Gasteiger partial charge in [-0.2, -0.15) is 18.3 Å². The van der Waals surface area contributed by atoms with Crippen LogP contribution in [0.15, 0.2) is 55.0 Å². The number of alkyl halides is 3. The van der Waals surface area contributed by atoms with Gasteiger partial charge in [0.1, 0.15) is 11.3 Å². The smallest absolute Gasteiger partial charge is 0.366 e. The third kappa shape index (κ3) is 4.99. The van der Waals surface area contributed by atoms with Crippen LogP contribution in [0.1, 0.15) is 31.8 Å². The fourth-order valence-electron chi connectivity index (χ4n) is 4.31. The molecule has 196 valence electrons. The molecule has 2 aromatic heterocycles. The Kier molecular flexibility index (Phi) is 6.43. The molecule has 1 aliphatic heterocycles. The van der Waals surface area contributed by atoms with Gasteiger partial charge in [-0.1, -0.05) is 18.2 Å². The molecule has 2 amide bonds. The second-order valence-electron chi connectivity index (χ2n) is 8.80. The summed E-state index contributed by atoms with van der Waals surface area (Å²) in [4.78, 5) is 35.5. The molecular formula is C25H21F4N7O2. The van der Waals surface area contributed by atoms with Gasteiger partial charge in [-0.15, -0.1) is 0 Å². The fourth-order valence-corrected chi connectivity index (χ4v) is 4.31. The molecule has 3 heterocycles. The number of benzene rings is 2. The summed E-state index contributed by atoms with van der Waals surface area (Å²) in [5.74, 6) is -1.64. The number of halogens is 4. The van der Waals surface area contributed by atoms with Crippen LogP contribution in [0.3, 0.4) is 0 Å². The topological polar surface area (TPSA) is 110 Å². The molecule has 2 N–H and O–H groups in total. The maximum Gasteiger partial charge on any atom is 0.419 e. The number of piperazine rings is 1. The Bertz CT molecular complexity index is 1510. The van der Waals surface area contributed by atoms with E-state index in [1.165, 1.54) is 17.0 Å². The largest absolute Gasteiger partial charge is 0.419 e. The Balaban J connectivity index is 1.28. The molecule has 9 nitrogen and oxygen atoms in total. The van der Waals surface area contributed by atoms with E-state index in [1.54, 1.807) is 40.0 Å². The van der Waals surface area contributed by atoms with Crippen LogP contribution in [0.25, 0.3) is 10.9 Å². The first-order chi connectivity index (χ1) is 18.1. The quantitative estimate of drug-likeness (QED) is 0.400. The van der Waals surface area contributed by atoms with Crippen LogP contribution in [0.2, 0.25) is 0 Å². The lowest BCUT2D eigenvalue weighted by Crippen LogP contribution is -2.49. The Hall–Kier alpha value is -4.55. The molecule has 1 saturated heterocycles. The third-order valence-electron chi connectivity index (χ3n) is 6.27. The maximum absolute atomic E-state index is 14.7. The molecule has 5 rings (SSSR count). The average molecular weight is 527 g/mol. The minimum atomic E-state index is -4.53. The SMILES string of the molecule is NC(=O)c1cccc2cn(Cc3ccc(F)c(C(=O)N4CCN(c5ncc(C(F)(F)F)cn5)CC4)c3)nc12. The third-order valence-corrected chi connectivity index (χ3v) is 6.27. The predicted octanol–water partition coefficient (Wildman–Crippen LogP) is 3.09. The highest BCUT2D eigenvalue weighted by Gasteiger charge is 2.32. The summed E-state index contributed by atoms with van der Waals surface area (Å²) in [6.45, 7) is 1.22. The van der Waals surface area contributed by atoms with Gasteiger partial charge >= 0.3 is 6.18 Å². The number of amides is 2. The van der Waals surface area contributed by atoms with E-state index >= 15 is 0 Å². The lowest BCUT2D eigenvalue weighted by atomic mass is 10.1. The van der Waals surface area contributed by atoms with Crippen molar-refractivity contribution in [3.05, 3.63) is 83.1 Å². The highest BCUT2D eigenvalue weighted by molar-refractivity contribution is 6.04. The summed E-state index contributed by atoms with van der Waals surface area (Å²) < 4.78 is 54.5. The molecule has 0 spiro atoms. The van der Waals surface area contributed by atoms with E-state index in [9.17, 15) is 27.2 Å². The van der Waals surface area contributed by atoms with Crippen molar-refractivity contribution in [2.45, 2.75) is 12.7 Å². The molecule has 0 saturated carbocycles. The normalized spacial score (nSPS) is 14.2. The number of carbonyl (C=O) groups is 2. The molecule has 0 atom stereocenters. The van der Waals surface area contributed by atoms with Crippen molar-refractivity contribution in [3.63, 3.8) is 0 Å². The molecule has 0 aliphatic carbocycles. The standard InChI is InChI=1S/C25H21F4N7O2/c26-20-5-4-15(13-36-14-16-2-1-3-18(22(30)37)21(16)33-36)10-19(20)23(38)34-6-8-35(9-7-34)24-31-11-17(12-32-24)25(27,28)29/h1-5,10-12,14H,6-9,13H2,(H2,30,37). The molecule has 4 aromatic rings. The summed E-state index contributed by atoms with van der Waals surface area (Å²) in [5.41, 5.74) is 5.75. The van der Waals surface area contributed by atoms with E-state index in [0.29, 0.717) is 11.1 Å². The number of aromatic nitrogens is 4. The van der Waals surface area contributed by atoms with Crippen LogP contribution in [0.5, 0.6) is 0 Å².